The van der Waals surface area contributed by atoms with Gasteiger partial charge < -0.3 is 19.7 Å². The van der Waals surface area contributed by atoms with Crippen LogP contribution >= 0.6 is 0 Å². The number of aliphatic imine (C=N–C) groups is 1. The molecule has 5 rings (SSSR count). The standard InChI is InChI=1S/C30H31N5O3/c1-3-12-34(13-4-2)29(36)24-16-23-6-5-21(17-27(23)33-28(31)18-24)20-7-8-26-22(15-20)10-14-35(30(26)37)19-25-9-11-32-38-25/h5-11,14-17H,3-4,12-13,18-19H2,1-2H3,(H2,31,33). The number of carbonyl (C=O) groups excluding carboxylic acids is 1. The molecule has 1 amide bonds. The molecule has 0 fully saturated rings. The molecule has 0 radical (unpaired) electrons. The fraction of sp³-hybridized carbons (Fsp3) is 0.267. The predicted octanol–water partition coefficient (Wildman–Crippen LogP) is 5.13. The summed E-state index contributed by atoms with van der Waals surface area (Å²) in [6.45, 7) is 5.92. The summed E-state index contributed by atoms with van der Waals surface area (Å²) >= 11 is 0. The van der Waals surface area contributed by atoms with Crippen molar-refractivity contribution in [2.75, 3.05) is 13.1 Å². The van der Waals surface area contributed by atoms with Crippen LogP contribution in [-0.4, -0.2) is 39.5 Å². The van der Waals surface area contributed by atoms with Gasteiger partial charge in [-0.15, -0.1) is 0 Å². The quantitative estimate of drug-likeness (QED) is 0.354. The Morgan fingerprint density at radius 3 is 2.55 bits per heavy atom. The van der Waals surface area contributed by atoms with Crippen molar-refractivity contribution in [3.63, 3.8) is 0 Å². The molecule has 2 aromatic carbocycles. The van der Waals surface area contributed by atoms with Crippen LogP contribution in [0.4, 0.5) is 5.69 Å². The van der Waals surface area contributed by atoms with E-state index in [2.05, 4.69) is 24.0 Å². The number of hydrogen-bond donors (Lipinski definition) is 1. The van der Waals surface area contributed by atoms with Gasteiger partial charge in [-0.25, -0.2) is 4.99 Å². The van der Waals surface area contributed by atoms with E-state index in [1.807, 2.05) is 53.4 Å². The van der Waals surface area contributed by atoms with Crippen LogP contribution < -0.4 is 11.3 Å². The van der Waals surface area contributed by atoms with E-state index < -0.39 is 0 Å². The first-order valence-corrected chi connectivity index (χ1v) is 13.0. The van der Waals surface area contributed by atoms with Crippen molar-refractivity contribution >= 4 is 34.3 Å². The molecule has 38 heavy (non-hydrogen) atoms. The summed E-state index contributed by atoms with van der Waals surface area (Å²) in [5.41, 5.74) is 10.3. The van der Waals surface area contributed by atoms with Crippen LogP contribution in [0.3, 0.4) is 0 Å². The highest BCUT2D eigenvalue weighted by atomic mass is 16.5. The predicted molar refractivity (Wildman–Crippen MR) is 150 cm³/mol. The topological polar surface area (TPSA) is 107 Å². The minimum atomic E-state index is -0.0905. The molecule has 3 heterocycles. The molecule has 0 saturated carbocycles. The van der Waals surface area contributed by atoms with E-state index >= 15 is 0 Å². The zero-order valence-electron chi connectivity index (χ0n) is 21.7. The van der Waals surface area contributed by atoms with Crippen LogP contribution in [0.1, 0.15) is 44.4 Å². The average molecular weight is 510 g/mol. The van der Waals surface area contributed by atoms with E-state index in [4.69, 9.17) is 10.3 Å². The number of nitrogens with two attached hydrogens (primary N) is 1. The molecule has 0 bridgehead atoms. The van der Waals surface area contributed by atoms with Crippen molar-refractivity contribution in [2.45, 2.75) is 39.7 Å². The largest absolute Gasteiger partial charge is 0.387 e. The second-order valence-electron chi connectivity index (χ2n) is 9.54. The van der Waals surface area contributed by atoms with Crippen LogP contribution in [-0.2, 0) is 11.3 Å². The van der Waals surface area contributed by atoms with E-state index in [9.17, 15) is 9.59 Å². The highest BCUT2D eigenvalue weighted by molar-refractivity contribution is 6.05. The van der Waals surface area contributed by atoms with Crippen molar-refractivity contribution in [2.24, 2.45) is 10.7 Å². The number of rotatable bonds is 8. The fourth-order valence-electron chi connectivity index (χ4n) is 4.85. The molecule has 1 aliphatic heterocycles. The van der Waals surface area contributed by atoms with Gasteiger partial charge in [-0.1, -0.05) is 37.2 Å². The van der Waals surface area contributed by atoms with Gasteiger partial charge in [0.1, 0.15) is 5.84 Å². The number of hydrogen-bond acceptors (Lipinski definition) is 6. The van der Waals surface area contributed by atoms with Gasteiger partial charge in [0, 0.05) is 48.3 Å². The molecule has 4 aromatic rings. The lowest BCUT2D eigenvalue weighted by molar-refractivity contribution is -0.127. The lowest BCUT2D eigenvalue weighted by Gasteiger charge is -2.22. The fourth-order valence-corrected chi connectivity index (χ4v) is 4.85. The highest BCUT2D eigenvalue weighted by Crippen LogP contribution is 2.33. The van der Waals surface area contributed by atoms with Crippen LogP contribution in [0, 0.1) is 0 Å². The van der Waals surface area contributed by atoms with Gasteiger partial charge in [-0.2, -0.15) is 0 Å². The van der Waals surface area contributed by atoms with Crippen molar-refractivity contribution in [1.29, 1.82) is 0 Å². The summed E-state index contributed by atoms with van der Waals surface area (Å²) in [7, 11) is 0. The maximum atomic E-state index is 13.3. The molecule has 8 heteroatoms. The zero-order chi connectivity index (χ0) is 26.6. The summed E-state index contributed by atoms with van der Waals surface area (Å²) in [6, 6.07) is 15.4. The molecule has 8 nitrogen and oxygen atoms in total. The van der Waals surface area contributed by atoms with Gasteiger partial charge in [0.15, 0.2) is 5.76 Å². The van der Waals surface area contributed by atoms with Crippen molar-refractivity contribution in [3.8, 4) is 11.1 Å². The third-order valence-electron chi connectivity index (χ3n) is 6.67. The van der Waals surface area contributed by atoms with Crippen molar-refractivity contribution in [3.05, 3.63) is 88.2 Å². The molecular formula is C30H31N5O3. The molecule has 194 valence electrons. The number of carbonyl (C=O) groups is 1. The Labute approximate surface area is 221 Å². The molecule has 2 N–H and O–H groups in total. The van der Waals surface area contributed by atoms with E-state index in [0.717, 1.165) is 53.7 Å². The van der Waals surface area contributed by atoms with E-state index in [0.29, 0.717) is 35.5 Å². The second kappa shape index (κ2) is 10.9. The molecule has 0 atom stereocenters. The SMILES string of the molecule is CCCN(CCC)C(=O)C1=Cc2ccc(-c3ccc4c(=O)n(Cc5ccno5)ccc4c3)cc2N=C(N)C1. The maximum absolute atomic E-state index is 13.3. The Morgan fingerprint density at radius 1 is 1.05 bits per heavy atom. The minimum absolute atomic E-state index is 0.0206. The number of benzene rings is 2. The Bertz CT molecular complexity index is 1590. The Kier molecular flexibility index (Phi) is 7.22. The van der Waals surface area contributed by atoms with Gasteiger partial charge in [0.2, 0.25) is 5.91 Å². The van der Waals surface area contributed by atoms with E-state index in [-0.39, 0.29) is 11.5 Å². The monoisotopic (exact) mass is 509 g/mol. The first-order chi connectivity index (χ1) is 18.5. The molecule has 0 spiro atoms. The molecule has 0 saturated heterocycles. The Hall–Kier alpha value is -4.46. The van der Waals surface area contributed by atoms with Crippen LogP contribution in [0.5, 0.6) is 0 Å². The maximum Gasteiger partial charge on any atom is 0.258 e. The number of pyridine rings is 1. The lowest BCUT2D eigenvalue weighted by atomic mass is 9.99. The minimum Gasteiger partial charge on any atom is -0.387 e. The number of fused-ring (bicyclic) bond motifs is 2. The summed E-state index contributed by atoms with van der Waals surface area (Å²) < 4.78 is 6.75. The summed E-state index contributed by atoms with van der Waals surface area (Å²) in [5, 5.41) is 5.18. The number of amides is 1. The Balaban J connectivity index is 1.46. The summed E-state index contributed by atoms with van der Waals surface area (Å²) in [6.07, 6.45) is 7.38. The second-order valence-corrected chi connectivity index (χ2v) is 9.54. The smallest absolute Gasteiger partial charge is 0.258 e. The molecular weight excluding hydrogens is 478 g/mol. The number of aromatic nitrogens is 2. The first-order valence-electron chi connectivity index (χ1n) is 13.0. The molecule has 0 unspecified atom stereocenters. The zero-order valence-corrected chi connectivity index (χ0v) is 21.7. The third kappa shape index (κ3) is 5.16. The summed E-state index contributed by atoms with van der Waals surface area (Å²) in [4.78, 5) is 32.8. The normalized spacial score (nSPS) is 13.0. The molecule has 2 aromatic heterocycles. The van der Waals surface area contributed by atoms with Gasteiger partial charge in [0.05, 0.1) is 18.4 Å². The number of amidine groups is 1. The van der Waals surface area contributed by atoms with E-state index in [1.54, 1.807) is 23.0 Å². The van der Waals surface area contributed by atoms with Crippen LogP contribution in [0.25, 0.3) is 28.0 Å². The van der Waals surface area contributed by atoms with Crippen molar-refractivity contribution in [1.82, 2.24) is 14.6 Å². The lowest BCUT2D eigenvalue weighted by Crippen LogP contribution is -2.34. The van der Waals surface area contributed by atoms with Gasteiger partial charge in [0.25, 0.3) is 5.56 Å². The average Bonchev–Trinajstić information content (AvgIpc) is 3.37. The van der Waals surface area contributed by atoms with E-state index in [1.165, 1.54) is 0 Å². The van der Waals surface area contributed by atoms with Crippen LogP contribution in [0.2, 0.25) is 0 Å². The summed E-state index contributed by atoms with van der Waals surface area (Å²) in [5.74, 6) is 1.06. The van der Waals surface area contributed by atoms with Gasteiger partial charge >= 0.3 is 0 Å². The van der Waals surface area contributed by atoms with Gasteiger partial charge in [-0.05, 0) is 59.7 Å². The van der Waals surface area contributed by atoms with Gasteiger partial charge in [-0.3, -0.25) is 9.59 Å². The third-order valence-corrected chi connectivity index (χ3v) is 6.67. The molecule has 0 aliphatic carbocycles. The van der Waals surface area contributed by atoms with Crippen LogP contribution in [0.15, 0.2) is 80.8 Å². The highest BCUT2D eigenvalue weighted by Gasteiger charge is 2.21. The van der Waals surface area contributed by atoms with Crippen molar-refractivity contribution < 1.29 is 9.32 Å². The molecule has 1 aliphatic rings. The number of nitrogens with zero attached hydrogens (tertiary/aromatic N) is 4. The first kappa shape index (κ1) is 25.2. The Morgan fingerprint density at radius 2 is 1.82 bits per heavy atom.